The first-order valence-electron chi connectivity index (χ1n) is 8.19. The number of fused-ring (bicyclic) bond motifs is 1. The van der Waals surface area contributed by atoms with E-state index in [2.05, 4.69) is 5.32 Å². The van der Waals surface area contributed by atoms with Crippen molar-refractivity contribution in [1.29, 1.82) is 0 Å². The van der Waals surface area contributed by atoms with Crippen molar-refractivity contribution in [2.75, 3.05) is 5.32 Å². The summed E-state index contributed by atoms with van der Waals surface area (Å²) in [5.74, 6) is 0.978. The smallest absolute Gasteiger partial charge is 0.347 e. The molecule has 5 heteroatoms. The first kappa shape index (κ1) is 16.5. The molecule has 130 valence electrons. The van der Waals surface area contributed by atoms with Crippen LogP contribution < -0.4 is 10.9 Å². The molecule has 0 bridgehead atoms. The van der Waals surface area contributed by atoms with Gasteiger partial charge < -0.3 is 14.2 Å². The van der Waals surface area contributed by atoms with Crippen LogP contribution in [0.15, 0.2) is 68.2 Å². The SMILES string of the molecule is Cc1cc2oc(Nc3ccccc3C)c(-c3cccc(Cl)c3)c2c(=O)o1. The number of nitrogens with one attached hydrogen (secondary N) is 1. The van der Waals surface area contributed by atoms with Gasteiger partial charge in [-0.05, 0) is 43.2 Å². The van der Waals surface area contributed by atoms with Gasteiger partial charge in [-0.25, -0.2) is 4.79 Å². The van der Waals surface area contributed by atoms with E-state index in [-0.39, 0.29) is 0 Å². The molecular formula is C21H16ClNO3. The molecule has 0 amide bonds. The molecule has 0 saturated heterocycles. The Kier molecular flexibility index (Phi) is 4.05. The van der Waals surface area contributed by atoms with E-state index in [1.54, 1.807) is 25.1 Å². The van der Waals surface area contributed by atoms with Crippen molar-refractivity contribution in [3.63, 3.8) is 0 Å². The van der Waals surface area contributed by atoms with Crippen molar-refractivity contribution in [1.82, 2.24) is 0 Å². The van der Waals surface area contributed by atoms with Crippen LogP contribution in [0.2, 0.25) is 5.02 Å². The summed E-state index contributed by atoms with van der Waals surface area (Å²) in [4.78, 5) is 12.5. The molecule has 4 nitrogen and oxygen atoms in total. The van der Waals surface area contributed by atoms with Gasteiger partial charge in [-0.15, -0.1) is 0 Å². The number of hydrogen-bond donors (Lipinski definition) is 1. The highest BCUT2D eigenvalue weighted by Crippen LogP contribution is 2.39. The molecule has 26 heavy (non-hydrogen) atoms. The minimum Gasteiger partial charge on any atom is -0.439 e. The van der Waals surface area contributed by atoms with Gasteiger partial charge >= 0.3 is 5.63 Å². The van der Waals surface area contributed by atoms with Crippen molar-refractivity contribution in [2.45, 2.75) is 13.8 Å². The van der Waals surface area contributed by atoms with Crippen molar-refractivity contribution < 1.29 is 8.83 Å². The lowest BCUT2D eigenvalue weighted by atomic mass is 10.0. The fourth-order valence-electron chi connectivity index (χ4n) is 3.01. The zero-order valence-corrected chi connectivity index (χ0v) is 15.1. The molecule has 0 aliphatic rings. The summed E-state index contributed by atoms with van der Waals surface area (Å²) in [5, 5.41) is 4.28. The topological polar surface area (TPSA) is 55.4 Å². The fourth-order valence-corrected chi connectivity index (χ4v) is 3.20. The van der Waals surface area contributed by atoms with Gasteiger partial charge in [0, 0.05) is 16.8 Å². The van der Waals surface area contributed by atoms with E-state index in [4.69, 9.17) is 20.4 Å². The van der Waals surface area contributed by atoms with Crippen LogP contribution in [0.25, 0.3) is 22.1 Å². The molecule has 0 atom stereocenters. The Balaban J connectivity index is 2.00. The number of anilines is 2. The maximum Gasteiger partial charge on any atom is 0.347 e. The Labute approximate surface area is 155 Å². The Morgan fingerprint density at radius 3 is 2.54 bits per heavy atom. The number of hydrogen-bond acceptors (Lipinski definition) is 4. The minimum atomic E-state index is -0.434. The normalized spacial score (nSPS) is 11.0. The second kappa shape index (κ2) is 6.39. The van der Waals surface area contributed by atoms with E-state index >= 15 is 0 Å². The van der Waals surface area contributed by atoms with E-state index in [1.165, 1.54) is 0 Å². The third kappa shape index (κ3) is 2.89. The summed E-state index contributed by atoms with van der Waals surface area (Å²) in [5.41, 5.74) is 3.42. The van der Waals surface area contributed by atoms with Crippen LogP contribution in [-0.4, -0.2) is 0 Å². The third-order valence-corrected chi connectivity index (χ3v) is 4.47. The first-order chi connectivity index (χ1) is 12.5. The van der Waals surface area contributed by atoms with E-state index in [1.807, 2.05) is 43.3 Å². The summed E-state index contributed by atoms with van der Waals surface area (Å²) in [7, 11) is 0. The Morgan fingerprint density at radius 2 is 1.77 bits per heavy atom. The van der Waals surface area contributed by atoms with Crippen LogP contribution in [0.3, 0.4) is 0 Å². The van der Waals surface area contributed by atoms with Crippen molar-refractivity contribution >= 4 is 34.1 Å². The van der Waals surface area contributed by atoms with Crippen LogP contribution in [0.5, 0.6) is 0 Å². The van der Waals surface area contributed by atoms with Gasteiger partial charge in [0.25, 0.3) is 0 Å². The number of para-hydroxylation sites is 1. The van der Waals surface area contributed by atoms with Crippen LogP contribution in [0.1, 0.15) is 11.3 Å². The number of rotatable bonds is 3. The predicted octanol–water partition coefficient (Wildman–Crippen LogP) is 6.07. The molecular weight excluding hydrogens is 350 g/mol. The number of benzene rings is 2. The van der Waals surface area contributed by atoms with E-state index in [0.29, 0.717) is 33.2 Å². The monoisotopic (exact) mass is 365 g/mol. The van der Waals surface area contributed by atoms with Crippen LogP contribution in [-0.2, 0) is 0 Å². The second-order valence-corrected chi connectivity index (χ2v) is 6.58. The number of halogens is 1. The van der Waals surface area contributed by atoms with E-state index < -0.39 is 5.63 Å². The Hall–Kier alpha value is -2.98. The van der Waals surface area contributed by atoms with Crippen molar-refractivity contribution in [2.24, 2.45) is 0 Å². The molecule has 0 unspecified atom stereocenters. The number of aryl methyl sites for hydroxylation is 2. The highest BCUT2D eigenvalue weighted by atomic mass is 35.5. The molecule has 2 aromatic heterocycles. The summed E-state index contributed by atoms with van der Waals surface area (Å²) >= 11 is 6.16. The summed E-state index contributed by atoms with van der Waals surface area (Å²) in [6, 6.07) is 16.9. The predicted molar refractivity (Wildman–Crippen MR) is 104 cm³/mol. The van der Waals surface area contributed by atoms with Gasteiger partial charge in [-0.2, -0.15) is 0 Å². The molecule has 0 spiro atoms. The maximum atomic E-state index is 12.5. The molecule has 0 radical (unpaired) electrons. The summed E-state index contributed by atoms with van der Waals surface area (Å²) in [6.07, 6.45) is 0. The zero-order valence-electron chi connectivity index (χ0n) is 14.3. The molecule has 0 saturated carbocycles. The lowest BCUT2D eigenvalue weighted by Crippen LogP contribution is -2.00. The van der Waals surface area contributed by atoms with Gasteiger partial charge in [0.2, 0.25) is 5.88 Å². The molecule has 2 aromatic carbocycles. The standard InChI is InChI=1S/C21H16ClNO3/c1-12-6-3-4-9-16(12)23-20-18(14-7-5-8-15(22)11-14)19-17(26-20)10-13(2)25-21(19)24/h3-11,23H,1-2H3. The Morgan fingerprint density at radius 1 is 0.962 bits per heavy atom. The second-order valence-electron chi connectivity index (χ2n) is 6.14. The average molecular weight is 366 g/mol. The third-order valence-electron chi connectivity index (χ3n) is 4.23. The average Bonchev–Trinajstić information content (AvgIpc) is 2.95. The summed E-state index contributed by atoms with van der Waals surface area (Å²) < 4.78 is 11.3. The quantitative estimate of drug-likeness (QED) is 0.479. The zero-order chi connectivity index (χ0) is 18.3. The molecule has 1 N–H and O–H groups in total. The Bertz CT molecular complexity index is 1170. The maximum absolute atomic E-state index is 12.5. The van der Waals surface area contributed by atoms with E-state index in [0.717, 1.165) is 16.8 Å². The molecule has 0 aliphatic heterocycles. The molecule has 0 aliphatic carbocycles. The van der Waals surface area contributed by atoms with Gasteiger partial charge in [0.05, 0.1) is 5.56 Å². The first-order valence-corrected chi connectivity index (χ1v) is 8.56. The van der Waals surface area contributed by atoms with E-state index in [9.17, 15) is 4.79 Å². The van der Waals surface area contributed by atoms with Crippen LogP contribution >= 0.6 is 11.6 Å². The van der Waals surface area contributed by atoms with Crippen molar-refractivity contribution in [3.8, 4) is 11.1 Å². The molecule has 0 fully saturated rings. The van der Waals surface area contributed by atoms with Gasteiger partial charge in [-0.3, -0.25) is 0 Å². The largest absolute Gasteiger partial charge is 0.439 e. The van der Waals surface area contributed by atoms with Crippen LogP contribution in [0, 0.1) is 13.8 Å². The lowest BCUT2D eigenvalue weighted by molar-refractivity contribution is 0.485. The van der Waals surface area contributed by atoms with Crippen molar-refractivity contribution in [3.05, 3.63) is 81.4 Å². The number of furan rings is 1. The minimum absolute atomic E-state index is 0.397. The lowest BCUT2D eigenvalue weighted by Gasteiger charge is -2.09. The molecule has 4 rings (SSSR count). The summed E-state index contributed by atoms with van der Waals surface area (Å²) in [6.45, 7) is 3.72. The van der Waals surface area contributed by atoms with Crippen LogP contribution in [0.4, 0.5) is 11.6 Å². The highest BCUT2D eigenvalue weighted by Gasteiger charge is 2.21. The van der Waals surface area contributed by atoms with Gasteiger partial charge in [0.1, 0.15) is 16.7 Å². The molecule has 2 heterocycles. The van der Waals surface area contributed by atoms with Gasteiger partial charge in [-0.1, -0.05) is 41.9 Å². The highest BCUT2D eigenvalue weighted by molar-refractivity contribution is 6.31. The fraction of sp³-hybridized carbons (Fsp3) is 0.0952. The van der Waals surface area contributed by atoms with Gasteiger partial charge in [0.15, 0.2) is 0 Å². The molecule has 4 aromatic rings.